The molecule has 2 aromatic rings. The number of rotatable bonds is 9. The molecule has 0 aliphatic carbocycles. The van der Waals surface area contributed by atoms with Crippen molar-refractivity contribution in [2.45, 2.75) is 32.0 Å². The number of nitrogens with zero attached hydrogens (tertiary/aromatic N) is 3. The topological polar surface area (TPSA) is 58.0 Å². The first-order chi connectivity index (χ1) is 13.2. The molecule has 2 heterocycles. The van der Waals surface area contributed by atoms with Gasteiger partial charge in [-0.15, -0.1) is 0 Å². The Hall–Kier alpha value is -2.25. The average Bonchev–Trinajstić information content (AvgIpc) is 3.33. The molecule has 0 bridgehead atoms. The van der Waals surface area contributed by atoms with Crippen molar-refractivity contribution in [2.75, 3.05) is 34.5 Å². The number of benzene rings is 1. The summed E-state index contributed by atoms with van der Waals surface area (Å²) in [7, 11) is 6.93. The van der Waals surface area contributed by atoms with E-state index in [0.717, 1.165) is 43.8 Å². The molecule has 0 saturated carbocycles. The maximum Gasteiger partial charge on any atom is 0.203 e. The fraction of sp³-hybridized carbons (Fsp3) is 0.550. The zero-order valence-corrected chi connectivity index (χ0v) is 16.6. The van der Waals surface area contributed by atoms with E-state index in [4.69, 9.17) is 18.9 Å². The van der Waals surface area contributed by atoms with Gasteiger partial charge in [-0.25, -0.2) is 4.98 Å². The summed E-state index contributed by atoms with van der Waals surface area (Å²) >= 11 is 0. The van der Waals surface area contributed by atoms with Crippen molar-refractivity contribution >= 4 is 0 Å². The molecular formula is C20H29N3O4. The van der Waals surface area contributed by atoms with Crippen molar-refractivity contribution < 1.29 is 18.9 Å². The Bertz CT molecular complexity index is 741. The highest BCUT2D eigenvalue weighted by Gasteiger charge is 2.23. The van der Waals surface area contributed by atoms with Gasteiger partial charge >= 0.3 is 0 Å². The van der Waals surface area contributed by atoms with Crippen LogP contribution in [0.2, 0.25) is 0 Å². The van der Waals surface area contributed by atoms with Crippen LogP contribution in [-0.4, -0.2) is 55.0 Å². The molecule has 148 valence electrons. The van der Waals surface area contributed by atoms with Crippen LogP contribution < -0.4 is 14.2 Å². The lowest BCUT2D eigenvalue weighted by atomic mass is 10.1. The largest absolute Gasteiger partial charge is 0.493 e. The molecule has 0 amide bonds. The average molecular weight is 375 g/mol. The quantitative estimate of drug-likeness (QED) is 0.672. The molecule has 7 heteroatoms. The van der Waals surface area contributed by atoms with E-state index in [1.165, 1.54) is 0 Å². The van der Waals surface area contributed by atoms with Gasteiger partial charge in [0, 0.05) is 45.0 Å². The molecule has 0 unspecified atom stereocenters. The summed E-state index contributed by atoms with van der Waals surface area (Å²) in [5, 5.41) is 0. The molecule has 1 saturated heterocycles. The van der Waals surface area contributed by atoms with Crippen LogP contribution in [-0.2, 0) is 24.9 Å². The standard InChI is InChI=1S/C20H29N3O4/c1-22-14-21-10-16(22)12-23(13-17-6-5-9-27-17)11-15-7-8-18(24-2)20(26-4)19(15)25-3/h7-8,10,14,17H,5-6,9,11-13H2,1-4H3/t17-/m0/s1. The van der Waals surface area contributed by atoms with Gasteiger partial charge in [0.1, 0.15) is 0 Å². The predicted octanol–water partition coefficient (Wildman–Crippen LogP) is 2.63. The molecule has 7 nitrogen and oxygen atoms in total. The molecule has 1 fully saturated rings. The van der Waals surface area contributed by atoms with Crippen LogP contribution in [0.5, 0.6) is 17.2 Å². The number of aromatic nitrogens is 2. The van der Waals surface area contributed by atoms with E-state index in [-0.39, 0.29) is 6.10 Å². The highest BCUT2D eigenvalue weighted by Crippen LogP contribution is 2.40. The van der Waals surface area contributed by atoms with E-state index in [1.54, 1.807) is 21.3 Å². The molecule has 1 aliphatic heterocycles. The van der Waals surface area contributed by atoms with E-state index < -0.39 is 0 Å². The summed E-state index contributed by atoms with van der Waals surface area (Å²) in [4.78, 5) is 6.61. The lowest BCUT2D eigenvalue weighted by Gasteiger charge is -2.26. The summed E-state index contributed by atoms with van der Waals surface area (Å²) in [5.41, 5.74) is 2.21. The number of aryl methyl sites for hydroxylation is 1. The highest BCUT2D eigenvalue weighted by atomic mass is 16.5. The number of methoxy groups -OCH3 is 3. The van der Waals surface area contributed by atoms with Gasteiger partial charge in [0.15, 0.2) is 11.5 Å². The van der Waals surface area contributed by atoms with Crippen LogP contribution in [0.1, 0.15) is 24.1 Å². The summed E-state index contributed by atoms with van der Waals surface area (Å²) in [6.07, 6.45) is 6.24. The van der Waals surface area contributed by atoms with Crippen molar-refractivity contribution in [3.05, 3.63) is 35.9 Å². The minimum Gasteiger partial charge on any atom is -0.493 e. The van der Waals surface area contributed by atoms with Crippen LogP contribution in [0.3, 0.4) is 0 Å². The second-order valence-corrected chi connectivity index (χ2v) is 6.79. The fourth-order valence-corrected chi connectivity index (χ4v) is 3.56. The molecule has 3 rings (SSSR count). The van der Waals surface area contributed by atoms with Crippen LogP contribution in [0, 0.1) is 0 Å². The lowest BCUT2D eigenvalue weighted by Crippen LogP contribution is -2.32. The van der Waals surface area contributed by atoms with Crippen LogP contribution in [0.15, 0.2) is 24.7 Å². The molecular weight excluding hydrogens is 346 g/mol. The molecule has 1 aliphatic rings. The maximum absolute atomic E-state index is 5.87. The van der Waals surface area contributed by atoms with E-state index in [9.17, 15) is 0 Å². The second-order valence-electron chi connectivity index (χ2n) is 6.79. The van der Waals surface area contributed by atoms with Crippen molar-refractivity contribution in [1.82, 2.24) is 14.5 Å². The van der Waals surface area contributed by atoms with Crippen molar-refractivity contribution in [3.8, 4) is 17.2 Å². The Balaban J connectivity index is 1.85. The minimum absolute atomic E-state index is 0.268. The number of ether oxygens (including phenoxy) is 4. The molecule has 0 N–H and O–H groups in total. The summed E-state index contributed by atoms with van der Waals surface area (Å²) in [6.45, 7) is 3.22. The molecule has 27 heavy (non-hydrogen) atoms. The Labute approximate surface area is 160 Å². The normalized spacial score (nSPS) is 16.7. The van der Waals surface area contributed by atoms with Crippen LogP contribution in [0.25, 0.3) is 0 Å². The molecule has 1 aromatic carbocycles. The number of imidazole rings is 1. The van der Waals surface area contributed by atoms with Gasteiger partial charge in [0.25, 0.3) is 0 Å². The van der Waals surface area contributed by atoms with E-state index >= 15 is 0 Å². The van der Waals surface area contributed by atoms with Gasteiger partial charge in [-0.1, -0.05) is 6.07 Å². The van der Waals surface area contributed by atoms with Crippen LogP contribution >= 0.6 is 0 Å². The molecule has 0 spiro atoms. The zero-order chi connectivity index (χ0) is 19.2. The Kier molecular flexibility index (Phi) is 6.58. The Morgan fingerprint density at radius 2 is 1.96 bits per heavy atom. The Morgan fingerprint density at radius 3 is 2.56 bits per heavy atom. The van der Waals surface area contributed by atoms with Gasteiger partial charge in [-0.2, -0.15) is 0 Å². The smallest absolute Gasteiger partial charge is 0.203 e. The first-order valence-electron chi connectivity index (χ1n) is 9.23. The first-order valence-corrected chi connectivity index (χ1v) is 9.23. The van der Waals surface area contributed by atoms with E-state index in [0.29, 0.717) is 23.8 Å². The minimum atomic E-state index is 0.268. The zero-order valence-electron chi connectivity index (χ0n) is 16.6. The lowest BCUT2D eigenvalue weighted by molar-refractivity contribution is 0.0668. The third-order valence-corrected chi connectivity index (χ3v) is 4.97. The van der Waals surface area contributed by atoms with Crippen molar-refractivity contribution in [3.63, 3.8) is 0 Å². The van der Waals surface area contributed by atoms with E-state index in [2.05, 4.69) is 9.88 Å². The van der Waals surface area contributed by atoms with Crippen molar-refractivity contribution in [2.24, 2.45) is 7.05 Å². The first kappa shape index (κ1) is 19.5. The van der Waals surface area contributed by atoms with Gasteiger partial charge < -0.3 is 23.5 Å². The third kappa shape index (κ3) is 4.54. The van der Waals surface area contributed by atoms with Crippen LogP contribution in [0.4, 0.5) is 0 Å². The second kappa shape index (κ2) is 9.10. The van der Waals surface area contributed by atoms with Crippen molar-refractivity contribution in [1.29, 1.82) is 0 Å². The third-order valence-electron chi connectivity index (χ3n) is 4.97. The van der Waals surface area contributed by atoms with Gasteiger partial charge in [0.2, 0.25) is 5.75 Å². The van der Waals surface area contributed by atoms with Gasteiger partial charge in [-0.3, -0.25) is 4.90 Å². The maximum atomic E-state index is 5.87. The fourth-order valence-electron chi connectivity index (χ4n) is 3.56. The summed E-state index contributed by atoms with van der Waals surface area (Å²) in [6, 6.07) is 3.96. The summed E-state index contributed by atoms with van der Waals surface area (Å²) < 4.78 is 24.5. The molecule has 1 atom stereocenters. The number of hydrogen-bond acceptors (Lipinski definition) is 6. The monoisotopic (exact) mass is 375 g/mol. The highest BCUT2D eigenvalue weighted by molar-refractivity contribution is 5.55. The van der Waals surface area contributed by atoms with Gasteiger partial charge in [0.05, 0.1) is 39.5 Å². The Morgan fingerprint density at radius 1 is 1.15 bits per heavy atom. The predicted molar refractivity (Wildman–Crippen MR) is 102 cm³/mol. The van der Waals surface area contributed by atoms with Gasteiger partial charge in [-0.05, 0) is 18.9 Å². The summed E-state index contributed by atoms with van der Waals surface area (Å²) in [5.74, 6) is 1.99. The molecule has 0 radical (unpaired) electrons. The number of hydrogen-bond donors (Lipinski definition) is 0. The van der Waals surface area contributed by atoms with E-state index in [1.807, 2.05) is 36.3 Å². The molecule has 1 aromatic heterocycles. The SMILES string of the molecule is COc1ccc(CN(Cc2cncn2C)C[C@@H]2CCCO2)c(OC)c1OC.